The largest absolute Gasteiger partial charge is 0.506 e. The van der Waals surface area contributed by atoms with Gasteiger partial charge in [0.15, 0.2) is 5.78 Å². The van der Waals surface area contributed by atoms with Crippen LogP contribution >= 0.6 is 0 Å². The average molecular weight is 247 g/mol. The van der Waals surface area contributed by atoms with E-state index in [9.17, 15) is 14.7 Å². The number of carbonyl (C=O) groups is 2. The number of nitrogens with zero attached hydrogens (tertiary/aromatic N) is 1. The summed E-state index contributed by atoms with van der Waals surface area (Å²) in [4.78, 5) is 24.3. The van der Waals surface area contributed by atoms with Gasteiger partial charge in [0.2, 0.25) is 5.91 Å². The predicted octanol–water partition coefficient (Wildman–Crippen LogP) is 2.00. The Balaban J connectivity index is 2.44. The summed E-state index contributed by atoms with van der Waals surface area (Å²) in [5.41, 5.74) is 1.37. The molecule has 1 aliphatic heterocycles. The van der Waals surface area contributed by atoms with Gasteiger partial charge in [-0.1, -0.05) is 26.8 Å². The Morgan fingerprint density at radius 1 is 1.22 bits per heavy atom. The van der Waals surface area contributed by atoms with E-state index in [1.165, 1.54) is 4.90 Å². The molecule has 4 nitrogen and oxygen atoms in total. The SMILES string of the molecule is CC(C)(C)c1ccc(O)c(N2CC(=O)CC2=O)c1. The summed E-state index contributed by atoms with van der Waals surface area (Å²) >= 11 is 0. The second-order valence-corrected chi connectivity index (χ2v) is 5.65. The van der Waals surface area contributed by atoms with Crippen molar-refractivity contribution in [2.75, 3.05) is 11.4 Å². The number of rotatable bonds is 1. The summed E-state index contributed by atoms with van der Waals surface area (Å²) in [5.74, 6) is -0.326. The van der Waals surface area contributed by atoms with Crippen LogP contribution in [0.1, 0.15) is 32.8 Å². The van der Waals surface area contributed by atoms with Crippen molar-refractivity contribution in [3.63, 3.8) is 0 Å². The van der Waals surface area contributed by atoms with Gasteiger partial charge in [-0.25, -0.2) is 0 Å². The summed E-state index contributed by atoms with van der Waals surface area (Å²) in [7, 11) is 0. The van der Waals surface area contributed by atoms with Gasteiger partial charge in [-0.2, -0.15) is 0 Å². The highest BCUT2D eigenvalue weighted by Crippen LogP contribution is 2.34. The Bertz CT molecular complexity index is 514. The molecular weight excluding hydrogens is 230 g/mol. The smallest absolute Gasteiger partial charge is 0.235 e. The molecule has 0 radical (unpaired) electrons. The van der Waals surface area contributed by atoms with Crippen molar-refractivity contribution in [1.29, 1.82) is 0 Å². The quantitative estimate of drug-likeness (QED) is 0.772. The molecular formula is C14H17NO3. The third-order valence-electron chi connectivity index (χ3n) is 3.12. The maximum atomic E-state index is 11.7. The number of phenols is 1. The number of ketones is 1. The van der Waals surface area contributed by atoms with Gasteiger partial charge < -0.3 is 10.0 Å². The predicted molar refractivity (Wildman–Crippen MR) is 68.8 cm³/mol. The molecule has 1 aromatic carbocycles. The lowest BCUT2D eigenvalue weighted by atomic mass is 9.86. The minimum atomic E-state index is -0.249. The third kappa shape index (κ3) is 2.23. The number of aromatic hydroxyl groups is 1. The Kier molecular flexibility index (Phi) is 2.89. The number of anilines is 1. The molecule has 1 saturated heterocycles. The molecule has 0 bridgehead atoms. The highest BCUT2D eigenvalue weighted by atomic mass is 16.3. The number of hydrogen-bond donors (Lipinski definition) is 1. The van der Waals surface area contributed by atoms with E-state index in [1.807, 2.05) is 6.07 Å². The topological polar surface area (TPSA) is 57.6 Å². The number of phenolic OH excluding ortho intramolecular Hbond substituents is 1. The van der Waals surface area contributed by atoms with Crippen molar-refractivity contribution in [1.82, 2.24) is 0 Å². The van der Waals surface area contributed by atoms with Crippen LogP contribution in [0, 0.1) is 0 Å². The first-order valence-electron chi connectivity index (χ1n) is 5.94. The lowest BCUT2D eigenvalue weighted by molar-refractivity contribution is -0.121. The molecule has 4 heteroatoms. The first-order valence-corrected chi connectivity index (χ1v) is 5.94. The third-order valence-corrected chi connectivity index (χ3v) is 3.12. The summed E-state index contributed by atoms with van der Waals surface area (Å²) in [5, 5.41) is 9.86. The van der Waals surface area contributed by atoms with Crippen molar-refractivity contribution >= 4 is 17.4 Å². The zero-order valence-corrected chi connectivity index (χ0v) is 10.9. The molecule has 0 atom stereocenters. The molecule has 0 saturated carbocycles. The Labute approximate surface area is 106 Å². The van der Waals surface area contributed by atoms with Gasteiger partial charge in [-0.15, -0.1) is 0 Å². The van der Waals surface area contributed by atoms with Gasteiger partial charge in [0.05, 0.1) is 18.7 Å². The molecule has 96 valence electrons. The molecule has 0 aliphatic carbocycles. The molecule has 1 N–H and O–H groups in total. The Morgan fingerprint density at radius 2 is 1.89 bits per heavy atom. The molecule has 0 aromatic heterocycles. The molecule has 1 aromatic rings. The van der Waals surface area contributed by atoms with E-state index in [2.05, 4.69) is 20.8 Å². The fourth-order valence-electron chi connectivity index (χ4n) is 2.01. The maximum Gasteiger partial charge on any atom is 0.235 e. The van der Waals surface area contributed by atoms with Gasteiger partial charge in [-0.05, 0) is 23.1 Å². The number of amides is 1. The van der Waals surface area contributed by atoms with Crippen LogP contribution in [0.2, 0.25) is 0 Å². The van der Waals surface area contributed by atoms with Crippen molar-refractivity contribution in [3.8, 4) is 5.75 Å². The molecule has 1 heterocycles. The molecule has 1 amide bonds. The van der Waals surface area contributed by atoms with Gasteiger partial charge >= 0.3 is 0 Å². The lowest BCUT2D eigenvalue weighted by Gasteiger charge is -2.23. The molecule has 1 aliphatic rings. The minimum absolute atomic E-state index is 0.0334. The highest BCUT2D eigenvalue weighted by molar-refractivity contribution is 6.15. The zero-order valence-electron chi connectivity index (χ0n) is 10.9. The van der Waals surface area contributed by atoms with Gasteiger partial charge in [0.1, 0.15) is 5.75 Å². The summed E-state index contributed by atoms with van der Waals surface area (Å²) in [6.45, 7) is 6.22. The average Bonchev–Trinajstić information content (AvgIpc) is 2.56. The normalized spacial score (nSPS) is 16.5. The second-order valence-electron chi connectivity index (χ2n) is 5.65. The zero-order chi connectivity index (χ0) is 13.5. The fourth-order valence-corrected chi connectivity index (χ4v) is 2.01. The Morgan fingerprint density at radius 3 is 2.39 bits per heavy atom. The van der Waals surface area contributed by atoms with E-state index < -0.39 is 0 Å². The monoisotopic (exact) mass is 247 g/mol. The van der Waals surface area contributed by atoms with Crippen LogP contribution in [0.25, 0.3) is 0 Å². The number of Topliss-reactive ketones (excluding diaryl/α,β-unsaturated/α-hetero) is 1. The molecule has 18 heavy (non-hydrogen) atoms. The highest BCUT2D eigenvalue weighted by Gasteiger charge is 2.30. The second kappa shape index (κ2) is 4.12. The first-order chi connectivity index (χ1) is 8.29. The standard InChI is InChI=1S/C14H17NO3/c1-14(2,3)9-4-5-12(17)11(6-9)15-8-10(16)7-13(15)18/h4-6,17H,7-8H2,1-3H3. The van der Waals surface area contributed by atoms with Crippen LogP contribution in [0.15, 0.2) is 18.2 Å². The van der Waals surface area contributed by atoms with E-state index >= 15 is 0 Å². The van der Waals surface area contributed by atoms with E-state index in [-0.39, 0.29) is 35.8 Å². The van der Waals surface area contributed by atoms with Crippen molar-refractivity contribution < 1.29 is 14.7 Å². The van der Waals surface area contributed by atoms with Crippen molar-refractivity contribution in [2.45, 2.75) is 32.6 Å². The summed E-state index contributed by atoms with van der Waals surface area (Å²) in [6.07, 6.45) is -0.0703. The number of hydrogen-bond acceptors (Lipinski definition) is 3. The molecule has 0 unspecified atom stereocenters. The fraction of sp³-hybridized carbons (Fsp3) is 0.429. The summed E-state index contributed by atoms with van der Waals surface area (Å²) in [6, 6.07) is 5.19. The lowest BCUT2D eigenvalue weighted by Crippen LogP contribution is -2.25. The van der Waals surface area contributed by atoms with Crippen LogP contribution < -0.4 is 4.90 Å². The van der Waals surface area contributed by atoms with E-state index in [4.69, 9.17) is 0 Å². The van der Waals surface area contributed by atoms with E-state index in [1.54, 1.807) is 12.1 Å². The van der Waals surface area contributed by atoms with E-state index in [0.29, 0.717) is 5.69 Å². The molecule has 1 fully saturated rings. The van der Waals surface area contributed by atoms with Crippen LogP contribution in [-0.2, 0) is 15.0 Å². The van der Waals surface area contributed by atoms with E-state index in [0.717, 1.165) is 5.56 Å². The van der Waals surface area contributed by atoms with Crippen molar-refractivity contribution in [3.05, 3.63) is 23.8 Å². The van der Waals surface area contributed by atoms with Crippen LogP contribution in [0.4, 0.5) is 5.69 Å². The number of carbonyl (C=O) groups excluding carboxylic acids is 2. The minimum Gasteiger partial charge on any atom is -0.506 e. The van der Waals surface area contributed by atoms with Gasteiger partial charge in [-0.3, -0.25) is 9.59 Å². The molecule has 2 rings (SSSR count). The van der Waals surface area contributed by atoms with Gasteiger partial charge in [0.25, 0.3) is 0 Å². The van der Waals surface area contributed by atoms with Crippen LogP contribution in [0.3, 0.4) is 0 Å². The molecule has 0 spiro atoms. The van der Waals surface area contributed by atoms with Crippen LogP contribution in [0.5, 0.6) is 5.75 Å². The number of benzene rings is 1. The van der Waals surface area contributed by atoms with Crippen molar-refractivity contribution in [2.24, 2.45) is 0 Å². The Hall–Kier alpha value is -1.84. The van der Waals surface area contributed by atoms with Gasteiger partial charge in [0, 0.05) is 0 Å². The first kappa shape index (κ1) is 12.6. The maximum absolute atomic E-state index is 11.7. The van der Waals surface area contributed by atoms with Crippen LogP contribution in [-0.4, -0.2) is 23.3 Å². The summed E-state index contributed by atoms with van der Waals surface area (Å²) < 4.78 is 0.